The SMILES string of the molecule is CCCCC1CCC(C(=O)N2CCC(Oc3nc4c(Cl)cccc4s3)CC2)CC1. The lowest BCUT2D eigenvalue weighted by molar-refractivity contribution is -0.138. The Kier molecular flexibility index (Phi) is 6.96. The van der Waals surface area contributed by atoms with E-state index in [0.717, 1.165) is 54.9 Å². The highest BCUT2D eigenvalue weighted by Gasteiger charge is 2.32. The number of rotatable bonds is 6. The van der Waals surface area contributed by atoms with Crippen LogP contribution in [0, 0.1) is 11.8 Å². The fourth-order valence-corrected chi connectivity index (χ4v) is 5.91. The number of aromatic nitrogens is 1. The van der Waals surface area contributed by atoms with E-state index in [1.54, 1.807) is 11.3 Å². The van der Waals surface area contributed by atoms with Gasteiger partial charge >= 0.3 is 0 Å². The molecule has 1 saturated heterocycles. The molecule has 1 aromatic heterocycles. The van der Waals surface area contributed by atoms with Crippen LogP contribution in [-0.4, -0.2) is 35.0 Å². The van der Waals surface area contributed by atoms with Gasteiger partial charge in [0.1, 0.15) is 11.6 Å². The van der Waals surface area contributed by atoms with E-state index in [2.05, 4.69) is 16.8 Å². The number of unbranched alkanes of at least 4 members (excludes halogenated alkanes) is 1. The summed E-state index contributed by atoms with van der Waals surface area (Å²) in [7, 11) is 0. The van der Waals surface area contributed by atoms with Gasteiger partial charge in [-0.3, -0.25) is 4.79 Å². The number of ether oxygens (including phenoxy) is 1. The summed E-state index contributed by atoms with van der Waals surface area (Å²) in [4.78, 5) is 19.6. The normalized spacial score (nSPS) is 23.4. The first-order valence-electron chi connectivity index (χ1n) is 11.1. The van der Waals surface area contributed by atoms with E-state index in [1.807, 2.05) is 18.2 Å². The number of thiazole rings is 1. The van der Waals surface area contributed by atoms with Crippen LogP contribution in [0.1, 0.15) is 64.7 Å². The van der Waals surface area contributed by atoms with Crippen LogP contribution in [0.2, 0.25) is 5.02 Å². The van der Waals surface area contributed by atoms with Gasteiger partial charge in [0.15, 0.2) is 0 Å². The minimum atomic E-state index is 0.128. The monoisotopic (exact) mass is 434 g/mol. The van der Waals surface area contributed by atoms with Crippen LogP contribution >= 0.6 is 22.9 Å². The van der Waals surface area contributed by atoms with E-state index >= 15 is 0 Å². The van der Waals surface area contributed by atoms with E-state index in [1.165, 1.54) is 32.1 Å². The van der Waals surface area contributed by atoms with Crippen LogP contribution in [-0.2, 0) is 4.79 Å². The number of benzene rings is 1. The second-order valence-electron chi connectivity index (χ2n) is 8.57. The first-order valence-corrected chi connectivity index (χ1v) is 12.3. The number of fused-ring (bicyclic) bond motifs is 1. The van der Waals surface area contributed by atoms with Crippen molar-refractivity contribution in [3.8, 4) is 5.19 Å². The Bertz CT molecular complexity index is 823. The first kappa shape index (κ1) is 20.9. The number of carbonyl (C=O) groups is 1. The molecule has 1 amide bonds. The number of likely N-dealkylation sites (tertiary alicyclic amines) is 1. The molecule has 4 nitrogen and oxygen atoms in total. The lowest BCUT2D eigenvalue weighted by Gasteiger charge is -2.36. The fraction of sp³-hybridized carbons (Fsp3) is 0.652. The van der Waals surface area contributed by atoms with Crippen LogP contribution < -0.4 is 4.74 Å². The summed E-state index contributed by atoms with van der Waals surface area (Å²) in [6.45, 7) is 3.85. The quantitative estimate of drug-likeness (QED) is 0.534. The molecule has 158 valence electrons. The summed E-state index contributed by atoms with van der Waals surface area (Å²) in [6.07, 6.45) is 10.5. The summed E-state index contributed by atoms with van der Waals surface area (Å²) >= 11 is 7.76. The van der Waals surface area contributed by atoms with Gasteiger partial charge in [-0.15, -0.1) is 0 Å². The van der Waals surface area contributed by atoms with Gasteiger partial charge in [0.25, 0.3) is 5.19 Å². The largest absolute Gasteiger partial charge is 0.467 e. The van der Waals surface area contributed by atoms with Gasteiger partial charge < -0.3 is 9.64 Å². The summed E-state index contributed by atoms with van der Waals surface area (Å²) in [6, 6.07) is 5.81. The molecular weight excluding hydrogens is 404 g/mol. The van der Waals surface area contributed by atoms with Gasteiger partial charge in [-0.1, -0.05) is 55.2 Å². The average Bonchev–Trinajstić information content (AvgIpc) is 3.16. The molecule has 2 heterocycles. The van der Waals surface area contributed by atoms with E-state index in [9.17, 15) is 4.79 Å². The standard InChI is InChI=1S/C23H31ClN2O2S/c1-2-3-5-16-8-10-17(11-9-16)22(27)26-14-12-18(13-15-26)28-23-25-21-19(24)6-4-7-20(21)29-23/h4,6-7,16-18H,2-3,5,8-15H2,1H3. The van der Waals surface area contributed by atoms with Crippen molar-refractivity contribution in [2.45, 2.75) is 70.8 Å². The van der Waals surface area contributed by atoms with Crippen molar-refractivity contribution in [1.29, 1.82) is 0 Å². The van der Waals surface area contributed by atoms with Crippen LogP contribution in [0.15, 0.2) is 18.2 Å². The van der Waals surface area contributed by atoms with Gasteiger partial charge in [0, 0.05) is 31.8 Å². The van der Waals surface area contributed by atoms with Crippen LogP contribution in [0.4, 0.5) is 0 Å². The van der Waals surface area contributed by atoms with Crippen molar-refractivity contribution in [3.05, 3.63) is 23.2 Å². The van der Waals surface area contributed by atoms with Crippen molar-refractivity contribution in [3.63, 3.8) is 0 Å². The second kappa shape index (κ2) is 9.65. The van der Waals surface area contributed by atoms with Crippen LogP contribution in [0.25, 0.3) is 10.2 Å². The number of hydrogen-bond acceptors (Lipinski definition) is 4. The van der Waals surface area contributed by atoms with Gasteiger partial charge in [-0.2, -0.15) is 0 Å². The minimum absolute atomic E-state index is 0.128. The Morgan fingerprint density at radius 3 is 2.66 bits per heavy atom. The van der Waals surface area contributed by atoms with Gasteiger partial charge in [0.05, 0.1) is 9.72 Å². The predicted octanol–water partition coefficient (Wildman–Crippen LogP) is 6.32. The molecule has 1 aromatic carbocycles. The molecule has 1 saturated carbocycles. The Morgan fingerprint density at radius 1 is 1.21 bits per heavy atom. The number of amides is 1. The molecule has 0 spiro atoms. The van der Waals surface area contributed by atoms with Gasteiger partial charge in [0.2, 0.25) is 5.91 Å². The van der Waals surface area contributed by atoms with Gasteiger partial charge in [-0.25, -0.2) is 4.98 Å². The first-order chi connectivity index (χ1) is 14.1. The maximum absolute atomic E-state index is 13.0. The highest BCUT2D eigenvalue weighted by molar-refractivity contribution is 7.20. The van der Waals surface area contributed by atoms with Crippen molar-refractivity contribution < 1.29 is 9.53 Å². The maximum Gasteiger partial charge on any atom is 0.274 e. The van der Waals surface area contributed by atoms with Crippen LogP contribution in [0.5, 0.6) is 5.19 Å². The number of hydrogen-bond donors (Lipinski definition) is 0. The maximum atomic E-state index is 13.0. The average molecular weight is 435 g/mol. The lowest BCUT2D eigenvalue weighted by Crippen LogP contribution is -2.45. The Hall–Kier alpha value is -1.33. The van der Waals surface area contributed by atoms with E-state index in [-0.39, 0.29) is 12.0 Å². The predicted molar refractivity (Wildman–Crippen MR) is 120 cm³/mol. The molecule has 1 aliphatic carbocycles. The van der Waals surface area contributed by atoms with Crippen molar-refractivity contribution in [2.75, 3.05) is 13.1 Å². The second-order valence-corrected chi connectivity index (χ2v) is 9.97. The molecule has 4 rings (SSSR count). The highest BCUT2D eigenvalue weighted by atomic mass is 35.5. The third-order valence-electron chi connectivity index (χ3n) is 6.53. The molecule has 2 fully saturated rings. The Labute approximate surface area is 182 Å². The summed E-state index contributed by atoms with van der Waals surface area (Å²) in [5, 5.41) is 1.35. The molecule has 1 aliphatic heterocycles. The van der Waals surface area contributed by atoms with Crippen molar-refractivity contribution in [2.24, 2.45) is 11.8 Å². The highest BCUT2D eigenvalue weighted by Crippen LogP contribution is 2.35. The van der Waals surface area contributed by atoms with Gasteiger partial charge in [-0.05, 0) is 43.7 Å². The number of halogens is 1. The number of carbonyl (C=O) groups excluding carboxylic acids is 1. The molecular formula is C23H31ClN2O2S. The smallest absolute Gasteiger partial charge is 0.274 e. The molecule has 0 bridgehead atoms. The van der Waals surface area contributed by atoms with Crippen molar-refractivity contribution in [1.82, 2.24) is 9.88 Å². The summed E-state index contributed by atoms with van der Waals surface area (Å²) < 4.78 is 7.18. The Balaban J connectivity index is 1.25. The molecule has 6 heteroatoms. The zero-order chi connectivity index (χ0) is 20.2. The lowest BCUT2D eigenvalue weighted by atomic mass is 9.79. The third kappa shape index (κ3) is 5.05. The number of para-hydroxylation sites is 1. The van der Waals surface area contributed by atoms with E-state index in [0.29, 0.717) is 16.1 Å². The summed E-state index contributed by atoms with van der Waals surface area (Å²) in [5.74, 6) is 1.47. The molecule has 2 aromatic rings. The van der Waals surface area contributed by atoms with Crippen LogP contribution in [0.3, 0.4) is 0 Å². The number of nitrogens with zero attached hydrogens (tertiary/aromatic N) is 2. The molecule has 0 radical (unpaired) electrons. The molecule has 0 N–H and O–H groups in total. The topological polar surface area (TPSA) is 42.4 Å². The van der Waals surface area contributed by atoms with Crippen molar-refractivity contribution >= 4 is 39.1 Å². The minimum Gasteiger partial charge on any atom is -0.467 e. The van der Waals surface area contributed by atoms with E-state index in [4.69, 9.17) is 16.3 Å². The fourth-order valence-electron chi connectivity index (χ4n) is 4.73. The Morgan fingerprint density at radius 2 is 1.97 bits per heavy atom. The molecule has 2 aliphatic rings. The molecule has 29 heavy (non-hydrogen) atoms. The zero-order valence-electron chi connectivity index (χ0n) is 17.2. The third-order valence-corrected chi connectivity index (χ3v) is 7.75. The number of piperidine rings is 1. The molecule has 0 atom stereocenters. The zero-order valence-corrected chi connectivity index (χ0v) is 18.8. The van der Waals surface area contributed by atoms with E-state index < -0.39 is 0 Å². The molecule has 0 unspecified atom stereocenters. The summed E-state index contributed by atoms with van der Waals surface area (Å²) in [5.41, 5.74) is 0.816.